The van der Waals surface area contributed by atoms with Crippen molar-refractivity contribution in [2.24, 2.45) is 16.7 Å². The van der Waals surface area contributed by atoms with Crippen LogP contribution >= 0.6 is 0 Å². The third kappa shape index (κ3) is 5.59. The molecule has 3 aromatic rings. The van der Waals surface area contributed by atoms with Crippen molar-refractivity contribution in [1.29, 1.82) is 5.26 Å². The second kappa shape index (κ2) is 10.1. The van der Waals surface area contributed by atoms with E-state index >= 15 is 0 Å². The molecule has 0 unspecified atom stereocenters. The molecule has 0 bridgehead atoms. The molecule has 43 heavy (non-hydrogen) atoms. The number of amides is 2. The Labute approximate surface area is 246 Å². The van der Waals surface area contributed by atoms with Crippen LogP contribution in [0, 0.1) is 28.1 Å². The maximum absolute atomic E-state index is 14.1. The molecule has 4 saturated carbocycles. The number of fused-ring (bicyclic) bond motifs is 1. The molecule has 4 aliphatic carbocycles. The lowest BCUT2D eigenvalue weighted by Gasteiger charge is -2.33. The minimum Gasteiger partial charge on any atom is -0.348 e. The van der Waals surface area contributed by atoms with E-state index in [0.717, 1.165) is 25.7 Å². The molecule has 226 valence electrons. The van der Waals surface area contributed by atoms with Gasteiger partial charge < -0.3 is 10.6 Å². The van der Waals surface area contributed by atoms with Gasteiger partial charge in [-0.3, -0.25) is 9.59 Å². The van der Waals surface area contributed by atoms with Crippen LogP contribution in [0.4, 0.5) is 8.78 Å². The summed E-state index contributed by atoms with van der Waals surface area (Å²) >= 11 is 0. The zero-order chi connectivity index (χ0) is 30.0. The van der Waals surface area contributed by atoms with Gasteiger partial charge in [0, 0.05) is 25.2 Å². The fourth-order valence-corrected chi connectivity index (χ4v) is 6.36. The zero-order valence-corrected chi connectivity index (χ0v) is 24.0. The van der Waals surface area contributed by atoms with Crippen LogP contribution < -0.4 is 10.6 Å². The number of nitrogens with one attached hydrogen (secondary N) is 2. The summed E-state index contributed by atoms with van der Waals surface area (Å²) < 4.78 is 34.6. The first-order valence-corrected chi connectivity index (χ1v) is 15.1. The van der Waals surface area contributed by atoms with Crippen molar-refractivity contribution in [3.63, 3.8) is 0 Å². The molecular formula is C30H34F2N8O3. The van der Waals surface area contributed by atoms with E-state index in [2.05, 4.69) is 39.0 Å². The molecule has 4 aliphatic rings. The molecule has 2 amide bonds. The van der Waals surface area contributed by atoms with E-state index in [1.807, 2.05) is 0 Å². The second-order valence-electron chi connectivity index (χ2n) is 13.4. The van der Waals surface area contributed by atoms with E-state index in [4.69, 9.17) is 9.61 Å². The minimum absolute atomic E-state index is 0.0299. The van der Waals surface area contributed by atoms with Crippen LogP contribution in [0.2, 0.25) is 0 Å². The van der Waals surface area contributed by atoms with Crippen molar-refractivity contribution in [2.75, 3.05) is 0 Å². The molecule has 13 heteroatoms. The molecule has 7 rings (SSSR count). The normalized spacial score (nSPS) is 23.2. The van der Waals surface area contributed by atoms with Crippen molar-refractivity contribution in [2.45, 2.75) is 101 Å². The van der Waals surface area contributed by atoms with Crippen molar-refractivity contribution < 1.29 is 23.0 Å². The van der Waals surface area contributed by atoms with E-state index in [1.54, 1.807) is 23.0 Å². The number of halogens is 2. The van der Waals surface area contributed by atoms with Gasteiger partial charge in [-0.15, -0.1) is 0 Å². The second-order valence-corrected chi connectivity index (χ2v) is 13.4. The highest BCUT2D eigenvalue weighted by Gasteiger charge is 2.52. The summed E-state index contributed by atoms with van der Waals surface area (Å²) in [5, 5.41) is 28.4. The van der Waals surface area contributed by atoms with E-state index < -0.39 is 29.3 Å². The monoisotopic (exact) mass is 592 g/mol. The van der Waals surface area contributed by atoms with Crippen molar-refractivity contribution >= 4 is 17.5 Å². The molecule has 0 radical (unpaired) electrons. The Morgan fingerprint density at radius 1 is 1.12 bits per heavy atom. The Hall–Kier alpha value is -3.95. The first-order chi connectivity index (χ1) is 20.6. The topological polar surface area (TPSA) is 151 Å². The molecule has 3 heterocycles. The maximum atomic E-state index is 14.1. The Bertz CT molecular complexity index is 1600. The van der Waals surface area contributed by atoms with Gasteiger partial charge in [0.15, 0.2) is 11.3 Å². The number of hydrogen-bond donors (Lipinski definition) is 2. The molecule has 4 fully saturated rings. The van der Waals surface area contributed by atoms with Crippen LogP contribution in [0.25, 0.3) is 5.65 Å². The predicted octanol–water partition coefficient (Wildman–Crippen LogP) is 4.94. The zero-order valence-electron chi connectivity index (χ0n) is 24.0. The summed E-state index contributed by atoms with van der Waals surface area (Å²) in [6.07, 6.45) is 8.85. The van der Waals surface area contributed by atoms with Gasteiger partial charge in [0.2, 0.25) is 11.8 Å². The first-order valence-electron chi connectivity index (χ1n) is 15.1. The third-order valence-electron chi connectivity index (χ3n) is 9.78. The Balaban J connectivity index is 1.18. The smallest absolute Gasteiger partial charge is 0.276 e. The summed E-state index contributed by atoms with van der Waals surface area (Å²) in [5.74, 6) is -3.43. The highest BCUT2D eigenvalue weighted by atomic mass is 19.3. The van der Waals surface area contributed by atoms with E-state index in [9.17, 15) is 23.6 Å². The molecular weight excluding hydrogens is 558 g/mol. The minimum atomic E-state index is -2.73. The van der Waals surface area contributed by atoms with Crippen LogP contribution in [-0.2, 0) is 4.79 Å². The van der Waals surface area contributed by atoms with Gasteiger partial charge >= 0.3 is 0 Å². The number of nitriles is 1. The van der Waals surface area contributed by atoms with Crippen LogP contribution in [0.3, 0.4) is 0 Å². The van der Waals surface area contributed by atoms with Gasteiger partial charge in [-0.05, 0) is 79.5 Å². The lowest BCUT2D eigenvalue weighted by atomic mass is 9.81. The van der Waals surface area contributed by atoms with Gasteiger partial charge in [0.1, 0.15) is 5.69 Å². The van der Waals surface area contributed by atoms with Gasteiger partial charge in [0.05, 0.1) is 41.7 Å². The summed E-state index contributed by atoms with van der Waals surface area (Å²) in [7, 11) is 0. The fourth-order valence-electron chi connectivity index (χ4n) is 6.36. The molecule has 0 aliphatic heterocycles. The summed E-state index contributed by atoms with van der Waals surface area (Å²) in [5.41, 5.74) is 1.61. The van der Waals surface area contributed by atoms with Crippen LogP contribution in [0.5, 0.6) is 0 Å². The highest BCUT2D eigenvalue weighted by Crippen LogP contribution is 2.55. The predicted molar refractivity (Wildman–Crippen MR) is 146 cm³/mol. The Morgan fingerprint density at radius 2 is 1.86 bits per heavy atom. The number of rotatable bonds is 10. The van der Waals surface area contributed by atoms with Crippen LogP contribution in [0.1, 0.15) is 123 Å². The molecule has 11 nitrogen and oxygen atoms in total. The van der Waals surface area contributed by atoms with Crippen molar-refractivity contribution in [1.82, 2.24) is 35.5 Å². The number of aromatic nitrogens is 5. The van der Waals surface area contributed by atoms with E-state index in [1.165, 1.54) is 0 Å². The summed E-state index contributed by atoms with van der Waals surface area (Å²) in [6, 6.07) is 3.02. The third-order valence-corrected chi connectivity index (χ3v) is 9.78. The standard InChI is InChI=1S/C30H34F2N8O3/c1-28(8-9-28)13-22(41)36-26(29(16-33)10-11-29)19-12-21-35-20(15-40(21)34-14-19)23(18-4-6-30(31,32)7-5-18)37-27(42)25-24(17-2-3-17)38-43-39-25/h12,14-15,17-18,23,26H,2-11,13H2,1H3,(H,36,41)(H,37,42)/t23-,26+/m0/s1. The quantitative estimate of drug-likeness (QED) is 0.336. The van der Waals surface area contributed by atoms with Crippen LogP contribution in [0.15, 0.2) is 23.1 Å². The molecule has 0 saturated heterocycles. The summed E-state index contributed by atoms with van der Waals surface area (Å²) in [4.78, 5) is 31.1. The molecule has 0 aromatic carbocycles. The average molecular weight is 593 g/mol. The number of hydrogen-bond acceptors (Lipinski definition) is 8. The van der Waals surface area contributed by atoms with Crippen molar-refractivity contribution in [3.05, 3.63) is 41.1 Å². The number of imidazole rings is 1. The van der Waals surface area contributed by atoms with E-state index in [0.29, 0.717) is 41.9 Å². The molecule has 2 N–H and O–H groups in total. The lowest BCUT2D eigenvalue weighted by Crippen LogP contribution is -2.37. The first kappa shape index (κ1) is 27.9. The van der Waals surface area contributed by atoms with Gasteiger partial charge in [0.25, 0.3) is 5.91 Å². The van der Waals surface area contributed by atoms with Gasteiger partial charge in [-0.25, -0.2) is 22.9 Å². The number of carbonyl (C=O) groups excluding carboxylic acids is 2. The molecule has 3 aromatic heterocycles. The van der Waals surface area contributed by atoms with Crippen molar-refractivity contribution in [3.8, 4) is 6.07 Å². The maximum Gasteiger partial charge on any atom is 0.276 e. The van der Waals surface area contributed by atoms with E-state index in [-0.39, 0.29) is 54.5 Å². The van der Waals surface area contributed by atoms with Gasteiger partial charge in [-0.1, -0.05) is 12.1 Å². The van der Waals surface area contributed by atoms with Crippen LogP contribution in [-0.4, -0.2) is 42.6 Å². The Kier molecular flexibility index (Phi) is 6.52. The largest absolute Gasteiger partial charge is 0.348 e. The molecule has 2 atom stereocenters. The highest BCUT2D eigenvalue weighted by molar-refractivity contribution is 5.93. The summed E-state index contributed by atoms with van der Waals surface area (Å²) in [6.45, 7) is 2.09. The SMILES string of the molecule is CC1(CC(=O)N[C@H](c2cnn3cc([C@@H](NC(=O)c4nonc4C4CC4)C4CCC(F)(F)CC4)nc3c2)C2(C#N)CC2)CC1. The average Bonchev–Trinajstić information content (AvgIpc) is 3.95. The number of alkyl halides is 2. The Morgan fingerprint density at radius 3 is 2.51 bits per heavy atom. The fraction of sp³-hybridized carbons (Fsp3) is 0.633. The lowest BCUT2D eigenvalue weighted by molar-refractivity contribution is -0.123. The molecule has 0 spiro atoms. The van der Waals surface area contributed by atoms with Gasteiger partial charge in [-0.2, -0.15) is 10.4 Å². The number of carbonyl (C=O) groups is 2. The number of nitrogens with zero attached hydrogens (tertiary/aromatic N) is 6.